The Morgan fingerprint density at radius 2 is 1.82 bits per heavy atom. The van der Waals surface area contributed by atoms with Gasteiger partial charge in [-0.2, -0.15) is 13.2 Å². The molecular formula is C26H20F3N3O. The van der Waals surface area contributed by atoms with E-state index < -0.39 is 17.6 Å². The van der Waals surface area contributed by atoms with Crippen LogP contribution < -0.4 is 0 Å². The Bertz CT molecular complexity index is 1320. The lowest BCUT2D eigenvalue weighted by Crippen LogP contribution is -2.28. The first-order valence-electron chi connectivity index (χ1n) is 10.6. The van der Waals surface area contributed by atoms with Crippen LogP contribution in [-0.4, -0.2) is 33.9 Å². The number of rotatable bonds is 3. The van der Waals surface area contributed by atoms with E-state index in [1.807, 2.05) is 18.2 Å². The Hall–Kier alpha value is -3.74. The van der Waals surface area contributed by atoms with Crippen LogP contribution in [0.2, 0.25) is 0 Å². The lowest BCUT2D eigenvalue weighted by molar-refractivity contribution is -0.137. The lowest BCUT2D eigenvalue weighted by Gasteiger charge is -2.19. The van der Waals surface area contributed by atoms with E-state index in [1.54, 1.807) is 53.8 Å². The van der Waals surface area contributed by atoms with Crippen molar-refractivity contribution in [1.29, 1.82) is 0 Å². The van der Waals surface area contributed by atoms with Crippen LogP contribution in [0.15, 0.2) is 79.3 Å². The smallest absolute Gasteiger partial charge is 0.338 e. The SMILES string of the molecule is O=C(c1cc(-c2ccc3ncccc3c2)cc(C(F)(F)F)c1)N1CCC(c2cccnc2)C1. The quantitative estimate of drug-likeness (QED) is 0.390. The third kappa shape index (κ3) is 4.31. The van der Waals surface area contributed by atoms with E-state index in [0.717, 1.165) is 35.0 Å². The average Bonchev–Trinajstić information content (AvgIpc) is 3.33. The van der Waals surface area contributed by atoms with Gasteiger partial charge in [0.1, 0.15) is 0 Å². The monoisotopic (exact) mass is 447 g/mol. The molecule has 0 saturated carbocycles. The summed E-state index contributed by atoms with van der Waals surface area (Å²) in [7, 11) is 0. The number of hydrogen-bond acceptors (Lipinski definition) is 3. The van der Waals surface area contributed by atoms with Gasteiger partial charge < -0.3 is 4.90 Å². The van der Waals surface area contributed by atoms with Gasteiger partial charge in [0.25, 0.3) is 5.91 Å². The molecule has 1 unspecified atom stereocenters. The molecule has 1 atom stereocenters. The van der Waals surface area contributed by atoms with Crippen molar-refractivity contribution in [3.8, 4) is 11.1 Å². The van der Waals surface area contributed by atoms with Crippen LogP contribution in [0.1, 0.15) is 33.8 Å². The molecule has 33 heavy (non-hydrogen) atoms. The van der Waals surface area contributed by atoms with Gasteiger partial charge in [-0.05, 0) is 65.6 Å². The van der Waals surface area contributed by atoms with Gasteiger partial charge in [-0.25, -0.2) is 0 Å². The predicted molar refractivity (Wildman–Crippen MR) is 120 cm³/mol. The fourth-order valence-corrected chi connectivity index (χ4v) is 4.35. The summed E-state index contributed by atoms with van der Waals surface area (Å²) >= 11 is 0. The first kappa shape index (κ1) is 21.1. The maximum atomic E-state index is 13.7. The zero-order chi connectivity index (χ0) is 23.0. The molecule has 1 amide bonds. The minimum Gasteiger partial charge on any atom is -0.338 e. The number of alkyl halides is 3. The van der Waals surface area contributed by atoms with E-state index in [2.05, 4.69) is 9.97 Å². The summed E-state index contributed by atoms with van der Waals surface area (Å²) < 4.78 is 41.1. The third-order valence-electron chi connectivity index (χ3n) is 6.07. The average molecular weight is 447 g/mol. The highest BCUT2D eigenvalue weighted by Crippen LogP contribution is 2.35. The Labute approximate surface area is 188 Å². The summed E-state index contributed by atoms with van der Waals surface area (Å²) in [6, 6.07) is 16.3. The topological polar surface area (TPSA) is 46.1 Å². The summed E-state index contributed by atoms with van der Waals surface area (Å²) in [4.78, 5) is 23.2. The van der Waals surface area contributed by atoms with Crippen molar-refractivity contribution < 1.29 is 18.0 Å². The van der Waals surface area contributed by atoms with E-state index >= 15 is 0 Å². The van der Waals surface area contributed by atoms with E-state index in [-0.39, 0.29) is 11.5 Å². The second kappa shape index (κ2) is 8.31. The molecule has 2 aromatic carbocycles. The standard InChI is InChI=1S/C26H20F3N3O/c27-26(28,29)23-13-21(17-5-6-24-18(11-17)3-2-9-31-24)12-22(14-23)25(33)32-10-7-20(16-32)19-4-1-8-30-15-19/h1-6,8-9,11-15,20H,7,10,16H2. The number of aromatic nitrogens is 2. The number of benzene rings is 2. The second-order valence-electron chi connectivity index (χ2n) is 8.23. The van der Waals surface area contributed by atoms with Crippen LogP contribution in [0.3, 0.4) is 0 Å². The molecule has 3 heterocycles. The van der Waals surface area contributed by atoms with Crippen LogP contribution in [0.4, 0.5) is 13.2 Å². The number of fused-ring (bicyclic) bond motifs is 1. The number of halogens is 3. The van der Waals surface area contributed by atoms with Gasteiger partial charge in [0, 0.05) is 48.5 Å². The number of hydrogen-bond donors (Lipinski definition) is 0. The maximum absolute atomic E-state index is 13.7. The number of likely N-dealkylation sites (tertiary alicyclic amines) is 1. The van der Waals surface area contributed by atoms with Crippen LogP contribution in [-0.2, 0) is 6.18 Å². The molecule has 0 N–H and O–H groups in total. The zero-order valence-corrected chi connectivity index (χ0v) is 17.6. The molecule has 2 aromatic heterocycles. The third-order valence-corrected chi connectivity index (χ3v) is 6.07. The maximum Gasteiger partial charge on any atom is 0.416 e. The fraction of sp³-hybridized carbons (Fsp3) is 0.192. The normalized spacial score (nSPS) is 16.3. The molecule has 0 aliphatic carbocycles. The predicted octanol–water partition coefficient (Wildman–Crippen LogP) is 5.95. The molecule has 0 spiro atoms. The Balaban J connectivity index is 1.50. The number of amides is 1. The van der Waals surface area contributed by atoms with Crippen molar-refractivity contribution in [3.63, 3.8) is 0 Å². The van der Waals surface area contributed by atoms with Crippen molar-refractivity contribution in [3.05, 3.63) is 95.9 Å². The van der Waals surface area contributed by atoms with Gasteiger partial charge in [-0.3, -0.25) is 14.8 Å². The van der Waals surface area contributed by atoms with Crippen molar-refractivity contribution in [2.24, 2.45) is 0 Å². The molecule has 0 bridgehead atoms. The van der Waals surface area contributed by atoms with Crippen molar-refractivity contribution in [2.45, 2.75) is 18.5 Å². The molecule has 1 aliphatic rings. The minimum atomic E-state index is -4.56. The zero-order valence-electron chi connectivity index (χ0n) is 17.6. The molecule has 1 saturated heterocycles. The van der Waals surface area contributed by atoms with Crippen molar-refractivity contribution in [2.75, 3.05) is 13.1 Å². The first-order chi connectivity index (χ1) is 15.9. The van der Waals surface area contributed by atoms with E-state index in [0.29, 0.717) is 24.2 Å². The molecule has 4 aromatic rings. The van der Waals surface area contributed by atoms with Crippen molar-refractivity contribution >= 4 is 16.8 Å². The Kier molecular flexibility index (Phi) is 5.32. The number of carbonyl (C=O) groups excluding carboxylic acids is 1. The van der Waals surface area contributed by atoms with Crippen molar-refractivity contribution in [1.82, 2.24) is 14.9 Å². The Morgan fingerprint density at radius 3 is 2.61 bits per heavy atom. The number of carbonyl (C=O) groups is 1. The lowest BCUT2D eigenvalue weighted by atomic mass is 9.97. The molecular weight excluding hydrogens is 427 g/mol. The molecule has 5 rings (SSSR count). The molecule has 1 aliphatic heterocycles. The van der Waals surface area contributed by atoms with Crippen LogP contribution in [0.5, 0.6) is 0 Å². The van der Waals surface area contributed by atoms with Gasteiger partial charge in [0.15, 0.2) is 0 Å². The van der Waals surface area contributed by atoms with Gasteiger partial charge in [0.05, 0.1) is 11.1 Å². The largest absolute Gasteiger partial charge is 0.416 e. The van der Waals surface area contributed by atoms with Crippen LogP contribution in [0, 0.1) is 0 Å². The van der Waals surface area contributed by atoms with E-state index in [9.17, 15) is 18.0 Å². The van der Waals surface area contributed by atoms with E-state index in [4.69, 9.17) is 0 Å². The highest BCUT2D eigenvalue weighted by atomic mass is 19.4. The molecule has 0 radical (unpaired) electrons. The summed E-state index contributed by atoms with van der Waals surface area (Å²) in [6.07, 6.45) is 1.31. The van der Waals surface area contributed by atoms with E-state index in [1.165, 1.54) is 0 Å². The molecule has 1 fully saturated rings. The van der Waals surface area contributed by atoms with Gasteiger partial charge >= 0.3 is 6.18 Å². The van der Waals surface area contributed by atoms with Gasteiger partial charge in [0.2, 0.25) is 0 Å². The van der Waals surface area contributed by atoms with Gasteiger partial charge in [-0.1, -0.05) is 18.2 Å². The summed E-state index contributed by atoms with van der Waals surface area (Å²) in [5.41, 5.74) is 1.94. The van der Waals surface area contributed by atoms with Crippen LogP contribution >= 0.6 is 0 Å². The van der Waals surface area contributed by atoms with Gasteiger partial charge in [-0.15, -0.1) is 0 Å². The fourth-order valence-electron chi connectivity index (χ4n) is 4.35. The number of nitrogens with zero attached hydrogens (tertiary/aromatic N) is 3. The molecule has 4 nitrogen and oxygen atoms in total. The minimum absolute atomic E-state index is 0.0398. The molecule has 7 heteroatoms. The Morgan fingerprint density at radius 1 is 0.970 bits per heavy atom. The second-order valence-corrected chi connectivity index (χ2v) is 8.23. The number of pyridine rings is 2. The van der Waals surface area contributed by atoms with Crippen LogP contribution in [0.25, 0.3) is 22.0 Å². The molecule has 166 valence electrons. The summed E-state index contributed by atoms with van der Waals surface area (Å²) in [5, 5.41) is 0.819. The highest BCUT2D eigenvalue weighted by molar-refractivity contribution is 5.96. The summed E-state index contributed by atoms with van der Waals surface area (Å²) in [6.45, 7) is 0.948. The first-order valence-corrected chi connectivity index (χ1v) is 10.6. The highest BCUT2D eigenvalue weighted by Gasteiger charge is 2.34. The summed E-state index contributed by atoms with van der Waals surface area (Å²) in [5.74, 6) is -0.267.